The quantitative estimate of drug-likeness (QED) is 0.584. The van der Waals surface area contributed by atoms with Gasteiger partial charge < -0.3 is 20.3 Å². The summed E-state index contributed by atoms with van der Waals surface area (Å²) in [6, 6.07) is 24.7. The lowest BCUT2D eigenvalue weighted by molar-refractivity contribution is 0.417. The molecular weight excluding hydrogens is 366 g/mol. The zero-order valence-corrected chi connectivity index (χ0v) is 17.2. The van der Waals surface area contributed by atoms with E-state index in [4.69, 9.17) is 17.0 Å². The smallest absolute Gasteiger partial charge is 0.171 e. The second-order valence-electron chi connectivity index (χ2n) is 6.65. The fourth-order valence-electron chi connectivity index (χ4n) is 2.88. The Morgan fingerprint density at radius 3 is 2.29 bits per heavy atom. The van der Waals surface area contributed by atoms with E-state index in [0.29, 0.717) is 11.7 Å². The molecule has 3 aromatic rings. The number of rotatable bonds is 6. The summed E-state index contributed by atoms with van der Waals surface area (Å²) in [4.78, 5) is 2.08. The third-order valence-corrected chi connectivity index (χ3v) is 4.71. The first-order valence-corrected chi connectivity index (χ1v) is 9.52. The summed E-state index contributed by atoms with van der Waals surface area (Å²) in [5.41, 5.74) is 5.43. The molecule has 0 spiro atoms. The second-order valence-corrected chi connectivity index (χ2v) is 7.06. The fraction of sp³-hybridized carbons (Fsp3) is 0.174. The molecule has 0 heterocycles. The maximum absolute atomic E-state index is 5.48. The highest BCUT2D eigenvalue weighted by molar-refractivity contribution is 7.80. The van der Waals surface area contributed by atoms with Gasteiger partial charge in [0.05, 0.1) is 12.8 Å². The Labute approximate surface area is 172 Å². The van der Waals surface area contributed by atoms with Gasteiger partial charge >= 0.3 is 0 Å². The van der Waals surface area contributed by atoms with E-state index in [1.165, 1.54) is 11.3 Å². The molecule has 5 heteroatoms. The summed E-state index contributed by atoms with van der Waals surface area (Å²) in [6.45, 7) is 0.653. The van der Waals surface area contributed by atoms with Crippen molar-refractivity contribution in [3.63, 3.8) is 0 Å². The van der Waals surface area contributed by atoms with Gasteiger partial charge in [0.2, 0.25) is 0 Å². The Balaban J connectivity index is 1.67. The molecule has 0 amide bonds. The van der Waals surface area contributed by atoms with Crippen molar-refractivity contribution in [2.75, 3.05) is 31.4 Å². The number of benzene rings is 3. The van der Waals surface area contributed by atoms with Crippen LogP contribution < -0.4 is 20.3 Å². The van der Waals surface area contributed by atoms with E-state index in [9.17, 15) is 0 Å². The Kier molecular flexibility index (Phi) is 6.50. The van der Waals surface area contributed by atoms with Crippen LogP contribution in [-0.4, -0.2) is 26.3 Å². The maximum atomic E-state index is 5.48. The van der Waals surface area contributed by atoms with Crippen LogP contribution in [0.15, 0.2) is 72.8 Å². The van der Waals surface area contributed by atoms with Gasteiger partial charge in [-0.15, -0.1) is 0 Å². The molecule has 0 aliphatic rings. The number of nitrogens with one attached hydrogen (secondary N) is 2. The van der Waals surface area contributed by atoms with Crippen LogP contribution in [0, 0.1) is 0 Å². The van der Waals surface area contributed by atoms with Crippen LogP contribution in [0.1, 0.15) is 5.56 Å². The van der Waals surface area contributed by atoms with E-state index in [0.717, 1.165) is 22.6 Å². The first-order chi connectivity index (χ1) is 13.6. The molecule has 3 rings (SSSR count). The van der Waals surface area contributed by atoms with Gasteiger partial charge in [0.25, 0.3) is 0 Å². The van der Waals surface area contributed by atoms with Crippen molar-refractivity contribution < 1.29 is 4.74 Å². The molecule has 0 fully saturated rings. The van der Waals surface area contributed by atoms with Crippen molar-refractivity contribution in [2.45, 2.75) is 6.54 Å². The number of anilines is 2. The summed E-state index contributed by atoms with van der Waals surface area (Å²) >= 11 is 5.48. The van der Waals surface area contributed by atoms with Gasteiger partial charge in [-0.1, -0.05) is 48.5 Å². The molecule has 28 heavy (non-hydrogen) atoms. The van der Waals surface area contributed by atoms with Crippen LogP contribution in [0.25, 0.3) is 11.1 Å². The first-order valence-electron chi connectivity index (χ1n) is 9.11. The Bertz CT molecular complexity index is 924. The van der Waals surface area contributed by atoms with Gasteiger partial charge in [0.15, 0.2) is 5.11 Å². The molecule has 0 saturated heterocycles. The number of hydrogen-bond acceptors (Lipinski definition) is 3. The normalized spacial score (nSPS) is 10.2. The van der Waals surface area contributed by atoms with Crippen molar-refractivity contribution in [1.29, 1.82) is 0 Å². The minimum Gasteiger partial charge on any atom is -0.495 e. The average molecular weight is 392 g/mol. The van der Waals surface area contributed by atoms with Gasteiger partial charge in [-0.2, -0.15) is 0 Å². The highest BCUT2D eigenvalue weighted by Crippen LogP contribution is 2.30. The van der Waals surface area contributed by atoms with Crippen molar-refractivity contribution in [2.24, 2.45) is 0 Å². The zero-order chi connectivity index (χ0) is 19.9. The molecule has 144 valence electrons. The van der Waals surface area contributed by atoms with Crippen molar-refractivity contribution in [3.8, 4) is 16.9 Å². The molecule has 0 aliphatic carbocycles. The average Bonchev–Trinajstić information content (AvgIpc) is 2.73. The number of thiocarbonyl (C=S) groups is 1. The molecular formula is C23H25N3OS. The fourth-order valence-corrected chi connectivity index (χ4v) is 3.06. The maximum Gasteiger partial charge on any atom is 0.171 e. The summed E-state index contributed by atoms with van der Waals surface area (Å²) in [6.07, 6.45) is 0. The standard InChI is InChI=1S/C23H25N3OS/c1-26(2)20-12-9-17(10-13-20)16-24-23(28)25-21-15-19(11-14-22(21)27-3)18-7-5-4-6-8-18/h4-15H,16H2,1-3H3,(H2,24,25,28). The van der Waals surface area contributed by atoms with E-state index in [1.54, 1.807) is 7.11 Å². The number of ether oxygens (including phenoxy) is 1. The van der Waals surface area contributed by atoms with Crippen LogP contribution in [0.4, 0.5) is 11.4 Å². The molecule has 0 atom stereocenters. The SMILES string of the molecule is COc1ccc(-c2ccccc2)cc1NC(=S)NCc1ccc(N(C)C)cc1. The van der Waals surface area contributed by atoms with Gasteiger partial charge in [0, 0.05) is 26.3 Å². The van der Waals surface area contributed by atoms with Gasteiger partial charge in [-0.05, 0) is 53.2 Å². The first kappa shape index (κ1) is 19.7. The number of methoxy groups -OCH3 is 1. The lowest BCUT2D eigenvalue weighted by Crippen LogP contribution is -2.28. The van der Waals surface area contributed by atoms with Crippen LogP contribution >= 0.6 is 12.2 Å². The lowest BCUT2D eigenvalue weighted by atomic mass is 10.0. The predicted molar refractivity (Wildman–Crippen MR) is 122 cm³/mol. The Morgan fingerprint density at radius 2 is 1.64 bits per heavy atom. The largest absolute Gasteiger partial charge is 0.495 e. The van der Waals surface area contributed by atoms with Crippen molar-refractivity contribution >= 4 is 28.7 Å². The molecule has 0 aliphatic heterocycles. The van der Waals surface area contributed by atoms with Crippen molar-refractivity contribution in [3.05, 3.63) is 78.4 Å². The highest BCUT2D eigenvalue weighted by Gasteiger charge is 2.08. The Hall–Kier alpha value is -3.05. The third kappa shape index (κ3) is 5.02. The minimum absolute atomic E-state index is 0.556. The summed E-state index contributed by atoms with van der Waals surface area (Å²) in [5, 5.41) is 7.07. The molecule has 0 saturated carbocycles. The predicted octanol–water partition coefficient (Wildman–Crippen LogP) is 4.91. The lowest BCUT2D eigenvalue weighted by Gasteiger charge is -2.16. The minimum atomic E-state index is 0.556. The van der Waals surface area contributed by atoms with Gasteiger partial charge in [-0.25, -0.2) is 0 Å². The molecule has 0 radical (unpaired) electrons. The summed E-state index contributed by atoms with van der Waals surface area (Å²) in [7, 11) is 5.72. The van der Waals surface area contributed by atoms with Crippen LogP contribution in [0.3, 0.4) is 0 Å². The number of nitrogens with zero attached hydrogens (tertiary/aromatic N) is 1. The summed E-state index contributed by atoms with van der Waals surface area (Å²) < 4.78 is 5.48. The summed E-state index contributed by atoms with van der Waals surface area (Å²) in [5.74, 6) is 0.749. The molecule has 4 nitrogen and oxygen atoms in total. The van der Waals surface area contributed by atoms with Crippen molar-refractivity contribution in [1.82, 2.24) is 5.32 Å². The monoisotopic (exact) mass is 391 g/mol. The van der Waals surface area contributed by atoms with E-state index in [2.05, 4.69) is 51.9 Å². The van der Waals surface area contributed by atoms with Gasteiger partial charge in [-0.3, -0.25) is 0 Å². The molecule has 3 aromatic carbocycles. The van der Waals surface area contributed by atoms with Gasteiger partial charge in [0.1, 0.15) is 5.75 Å². The topological polar surface area (TPSA) is 36.5 Å². The third-order valence-electron chi connectivity index (χ3n) is 4.46. The van der Waals surface area contributed by atoms with E-state index >= 15 is 0 Å². The number of hydrogen-bond donors (Lipinski definition) is 2. The van der Waals surface area contributed by atoms with Crippen LogP contribution in [0.5, 0.6) is 5.75 Å². The Morgan fingerprint density at radius 1 is 0.929 bits per heavy atom. The molecule has 0 bridgehead atoms. The van der Waals surface area contributed by atoms with E-state index in [-0.39, 0.29) is 0 Å². The van der Waals surface area contributed by atoms with E-state index in [1.807, 2.05) is 50.5 Å². The zero-order valence-electron chi connectivity index (χ0n) is 16.4. The van der Waals surface area contributed by atoms with Crippen LogP contribution in [0.2, 0.25) is 0 Å². The highest BCUT2D eigenvalue weighted by atomic mass is 32.1. The van der Waals surface area contributed by atoms with E-state index < -0.39 is 0 Å². The second kappa shape index (κ2) is 9.24. The molecule has 0 unspecified atom stereocenters. The molecule has 0 aromatic heterocycles. The molecule has 2 N–H and O–H groups in total. The van der Waals surface area contributed by atoms with Crippen LogP contribution in [-0.2, 0) is 6.54 Å².